The van der Waals surface area contributed by atoms with E-state index in [1.54, 1.807) is 0 Å². The largest absolute Gasteiger partial charge is 0.349 e. The molecular weight excluding hydrogens is 270 g/mol. The van der Waals surface area contributed by atoms with Crippen LogP contribution in [-0.4, -0.2) is 35.3 Å². The number of anilines is 2. The molecule has 4 N–H and O–H groups in total. The first-order valence-electron chi connectivity index (χ1n) is 7.04. The Morgan fingerprint density at radius 1 is 1.14 bits per heavy atom. The molecule has 0 amide bonds. The van der Waals surface area contributed by atoms with Gasteiger partial charge >= 0.3 is 0 Å². The van der Waals surface area contributed by atoms with Gasteiger partial charge in [-0.15, -0.1) is 0 Å². The smallest absolute Gasteiger partial charge is 0.258 e. The Bertz CT molecular complexity index is 589. The molecule has 0 aliphatic heterocycles. The van der Waals surface area contributed by atoms with Gasteiger partial charge in [-0.3, -0.25) is 5.43 Å². The molecular formula is C12H19N9. The Labute approximate surface area is 122 Å². The van der Waals surface area contributed by atoms with Gasteiger partial charge in [-0.05, 0) is 19.8 Å². The molecule has 1 saturated carbocycles. The molecule has 9 nitrogen and oxygen atoms in total. The normalized spacial score (nSPS) is 17.4. The second-order valence-corrected chi connectivity index (χ2v) is 5.51. The molecule has 1 aliphatic carbocycles. The lowest BCUT2D eigenvalue weighted by molar-refractivity contribution is 0.347. The summed E-state index contributed by atoms with van der Waals surface area (Å²) in [4.78, 5) is 16.7. The summed E-state index contributed by atoms with van der Waals surface area (Å²) in [6, 6.07) is 0. The van der Waals surface area contributed by atoms with E-state index in [9.17, 15) is 0 Å². The van der Waals surface area contributed by atoms with Crippen molar-refractivity contribution in [3.05, 3.63) is 12.7 Å². The minimum atomic E-state index is 0.00507. The standard InChI is InChI=1S/C12H19N9/c1-12(5-3-2-4-6-12)19-9-16-10(20-13)18-11(17-9)21-8-14-7-15-21/h7-8H,2-6,13H2,1H3,(H2,16,17,18,19,20). The van der Waals surface area contributed by atoms with Crippen LogP contribution < -0.4 is 16.6 Å². The Balaban J connectivity index is 1.89. The summed E-state index contributed by atoms with van der Waals surface area (Å²) in [5, 5.41) is 7.44. The molecule has 2 aromatic rings. The zero-order chi connectivity index (χ0) is 14.7. The van der Waals surface area contributed by atoms with Crippen LogP contribution in [0.3, 0.4) is 0 Å². The van der Waals surface area contributed by atoms with Crippen LogP contribution in [0.1, 0.15) is 39.0 Å². The monoisotopic (exact) mass is 289 g/mol. The fourth-order valence-electron chi connectivity index (χ4n) is 2.63. The minimum Gasteiger partial charge on any atom is -0.349 e. The number of nitrogens with two attached hydrogens (primary N) is 1. The fourth-order valence-corrected chi connectivity index (χ4v) is 2.63. The van der Waals surface area contributed by atoms with Crippen molar-refractivity contribution < 1.29 is 0 Å². The van der Waals surface area contributed by atoms with E-state index in [1.165, 1.54) is 36.6 Å². The van der Waals surface area contributed by atoms with Crippen LogP contribution in [0.15, 0.2) is 12.7 Å². The Morgan fingerprint density at radius 3 is 2.57 bits per heavy atom. The van der Waals surface area contributed by atoms with Crippen LogP contribution in [0.4, 0.5) is 11.9 Å². The van der Waals surface area contributed by atoms with Crippen molar-refractivity contribution >= 4 is 11.9 Å². The molecule has 0 radical (unpaired) electrons. The second kappa shape index (κ2) is 5.60. The number of aromatic nitrogens is 6. The summed E-state index contributed by atoms with van der Waals surface area (Å²) in [5.74, 6) is 6.59. The third-order valence-corrected chi connectivity index (χ3v) is 3.75. The van der Waals surface area contributed by atoms with Crippen molar-refractivity contribution in [2.45, 2.75) is 44.6 Å². The molecule has 0 bridgehead atoms. The molecule has 0 saturated heterocycles. The van der Waals surface area contributed by atoms with Crippen LogP contribution >= 0.6 is 0 Å². The van der Waals surface area contributed by atoms with Gasteiger partial charge < -0.3 is 5.32 Å². The van der Waals surface area contributed by atoms with Crippen LogP contribution in [0, 0.1) is 0 Å². The highest BCUT2D eigenvalue weighted by atomic mass is 15.4. The van der Waals surface area contributed by atoms with E-state index >= 15 is 0 Å². The van der Waals surface area contributed by atoms with Gasteiger partial charge in [-0.25, -0.2) is 10.8 Å². The Hall–Kier alpha value is -2.29. The van der Waals surface area contributed by atoms with Crippen LogP contribution in [0.25, 0.3) is 5.95 Å². The predicted molar refractivity (Wildman–Crippen MR) is 77.7 cm³/mol. The van der Waals surface area contributed by atoms with E-state index in [-0.39, 0.29) is 11.5 Å². The minimum absolute atomic E-state index is 0.00507. The van der Waals surface area contributed by atoms with Crippen molar-refractivity contribution in [3.8, 4) is 5.95 Å². The van der Waals surface area contributed by atoms with Gasteiger partial charge in [0.25, 0.3) is 5.95 Å². The summed E-state index contributed by atoms with van der Waals surface area (Å²) in [6.07, 6.45) is 8.87. The number of rotatable bonds is 4. The first-order valence-corrected chi connectivity index (χ1v) is 7.04. The first kappa shape index (κ1) is 13.7. The van der Waals surface area contributed by atoms with Crippen molar-refractivity contribution in [2.24, 2.45) is 5.84 Å². The summed E-state index contributed by atoms with van der Waals surface area (Å²) in [6.45, 7) is 2.20. The molecule has 112 valence electrons. The summed E-state index contributed by atoms with van der Waals surface area (Å²) >= 11 is 0. The summed E-state index contributed by atoms with van der Waals surface area (Å²) in [5.41, 5.74) is 2.46. The van der Waals surface area contributed by atoms with Gasteiger partial charge in [0.05, 0.1) is 0 Å². The number of nitrogens with zero attached hydrogens (tertiary/aromatic N) is 6. The highest BCUT2D eigenvalue weighted by Crippen LogP contribution is 2.30. The second-order valence-electron chi connectivity index (χ2n) is 5.51. The highest BCUT2D eigenvalue weighted by Gasteiger charge is 2.27. The molecule has 0 unspecified atom stereocenters. The van der Waals surface area contributed by atoms with Gasteiger partial charge in [-0.2, -0.15) is 24.7 Å². The molecule has 0 aromatic carbocycles. The maximum Gasteiger partial charge on any atom is 0.258 e. The molecule has 9 heteroatoms. The van der Waals surface area contributed by atoms with E-state index in [4.69, 9.17) is 5.84 Å². The number of hydrogen-bond acceptors (Lipinski definition) is 8. The number of nitrogen functional groups attached to an aromatic ring is 1. The third kappa shape index (κ3) is 3.07. The number of hydrogen-bond donors (Lipinski definition) is 3. The number of nitrogens with one attached hydrogen (secondary N) is 2. The maximum absolute atomic E-state index is 5.43. The third-order valence-electron chi connectivity index (χ3n) is 3.75. The molecule has 1 aliphatic rings. The van der Waals surface area contributed by atoms with Gasteiger partial charge in [0.1, 0.15) is 12.7 Å². The van der Waals surface area contributed by atoms with Crippen molar-refractivity contribution in [1.29, 1.82) is 0 Å². The van der Waals surface area contributed by atoms with E-state index in [2.05, 4.69) is 42.7 Å². The molecule has 1 fully saturated rings. The summed E-state index contributed by atoms with van der Waals surface area (Å²) in [7, 11) is 0. The SMILES string of the molecule is CC1(Nc2nc(NN)nc(-n3cncn3)n2)CCCCC1. The molecule has 3 rings (SSSR count). The average Bonchev–Trinajstić information content (AvgIpc) is 3.01. The van der Waals surface area contributed by atoms with Crippen LogP contribution in [0.5, 0.6) is 0 Å². The number of hydrazine groups is 1. The van der Waals surface area contributed by atoms with Crippen molar-refractivity contribution in [1.82, 2.24) is 29.7 Å². The van der Waals surface area contributed by atoms with E-state index < -0.39 is 0 Å². The van der Waals surface area contributed by atoms with E-state index in [0.29, 0.717) is 11.9 Å². The molecule has 0 atom stereocenters. The molecule has 2 aromatic heterocycles. The lowest BCUT2D eigenvalue weighted by atomic mass is 9.83. The van der Waals surface area contributed by atoms with Gasteiger partial charge in [0, 0.05) is 5.54 Å². The molecule has 0 spiro atoms. The lowest BCUT2D eigenvalue weighted by Gasteiger charge is -2.34. The average molecular weight is 289 g/mol. The van der Waals surface area contributed by atoms with Crippen LogP contribution in [0.2, 0.25) is 0 Å². The van der Waals surface area contributed by atoms with Gasteiger partial charge in [0.2, 0.25) is 11.9 Å². The maximum atomic E-state index is 5.43. The van der Waals surface area contributed by atoms with Crippen molar-refractivity contribution in [2.75, 3.05) is 10.7 Å². The summed E-state index contributed by atoms with van der Waals surface area (Å²) < 4.78 is 1.47. The zero-order valence-electron chi connectivity index (χ0n) is 12.0. The molecule has 21 heavy (non-hydrogen) atoms. The first-order chi connectivity index (χ1) is 10.2. The van der Waals surface area contributed by atoms with E-state index in [0.717, 1.165) is 12.8 Å². The van der Waals surface area contributed by atoms with Crippen LogP contribution in [-0.2, 0) is 0 Å². The molecule has 2 heterocycles. The highest BCUT2D eigenvalue weighted by molar-refractivity contribution is 5.38. The van der Waals surface area contributed by atoms with Gasteiger partial charge in [-0.1, -0.05) is 19.3 Å². The lowest BCUT2D eigenvalue weighted by Crippen LogP contribution is -2.37. The van der Waals surface area contributed by atoms with Crippen molar-refractivity contribution in [3.63, 3.8) is 0 Å². The Kier molecular flexibility index (Phi) is 3.65. The zero-order valence-corrected chi connectivity index (χ0v) is 12.0. The van der Waals surface area contributed by atoms with Gasteiger partial charge in [0.15, 0.2) is 0 Å². The Morgan fingerprint density at radius 2 is 1.90 bits per heavy atom. The topological polar surface area (TPSA) is 119 Å². The fraction of sp³-hybridized carbons (Fsp3) is 0.583. The predicted octanol–water partition coefficient (Wildman–Crippen LogP) is 0.873. The quantitative estimate of drug-likeness (QED) is 0.560. The van der Waals surface area contributed by atoms with E-state index in [1.807, 2.05) is 0 Å².